The van der Waals surface area contributed by atoms with Crippen molar-refractivity contribution in [2.45, 2.75) is 25.4 Å². The monoisotopic (exact) mass is 225 g/mol. The fourth-order valence-corrected chi connectivity index (χ4v) is 2.14. The lowest BCUT2D eigenvalue weighted by atomic mass is 10.2. The van der Waals surface area contributed by atoms with Crippen LogP contribution in [0.15, 0.2) is 12.7 Å². The van der Waals surface area contributed by atoms with Crippen LogP contribution in [-0.2, 0) is 4.79 Å². The van der Waals surface area contributed by atoms with E-state index in [-0.39, 0.29) is 11.9 Å². The SMILES string of the molecule is C=CCN1C(=O)C(CNC)N(C)CCC1C. The van der Waals surface area contributed by atoms with Gasteiger partial charge in [-0.25, -0.2) is 0 Å². The van der Waals surface area contributed by atoms with Gasteiger partial charge in [-0.2, -0.15) is 0 Å². The molecular weight excluding hydrogens is 202 g/mol. The number of rotatable bonds is 4. The molecule has 4 heteroatoms. The summed E-state index contributed by atoms with van der Waals surface area (Å²) in [4.78, 5) is 16.4. The molecule has 0 aromatic rings. The van der Waals surface area contributed by atoms with Crippen LogP contribution in [0.4, 0.5) is 0 Å². The first-order valence-corrected chi connectivity index (χ1v) is 5.88. The summed E-state index contributed by atoms with van der Waals surface area (Å²) in [6, 6.07) is 0.254. The van der Waals surface area contributed by atoms with Crippen molar-refractivity contribution in [3.05, 3.63) is 12.7 Å². The highest BCUT2D eigenvalue weighted by Crippen LogP contribution is 2.15. The molecule has 0 saturated carbocycles. The fraction of sp³-hybridized carbons (Fsp3) is 0.750. The third-order valence-electron chi connectivity index (χ3n) is 3.26. The van der Waals surface area contributed by atoms with Crippen LogP contribution < -0.4 is 5.32 Å². The summed E-state index contributed by atoms with van der Waals surface area (Å²) < 4.78 is 0. The average molecular weight is 225 g/mol. The highest BCUT2D eigenvalue weighted by atomic mass is 16.2. The van der Waals surface area contributed by atoms with Crippen LogP contribution in [0.25, 0.3) is 0 Å². The lowest BCUT2D eigenvalue weighted by Crippen LogP contribution is -2.50. The summed E-state index contributed by atoms with van der Waals surface area (Å²) in [6.07, 6.45) is 2.83. The summed E-state index contributed by atoms with van der Waals surface area (Å²) in [5, 5.41) is 3.09. The van der Waals surface area contributed by atoms with Crippen molar-refractivity contribution in [3.63, 3.8) is 0 Å². The lowest BCUT2D eigenvalue weighted by Gasteiger charge is -2.29. The first kappa shape index (κ1) is 13.2. The third-order valence-corrected chi connectivity index (χ3v) is 3.26. The molecule has 1 rings (SSSR count). The Balaban J connectivity index is 2.83. The topological polar surface area (TPSA) is 35.6 Å². The Labute approximate surface area is 98.3 Å². The van der Waals surface area contributed by atoms with Crippen molar-refractivity contribution in [2.24, 2.45) is 0 Å². The second-order valence-corrected chi connectivity index (χ2v) is 4.47. The van der Waals surface area contributed by atoms with Crippen molar-refractivity contribution < 1.29 is 4.79 Å². The molecule has 1 saturated heterocycles. The molecule has 16 heavy (non-hydrogen) atoms. The van der Waals surface area contributed by atoms with Gasteiger partial charge in [-0.05, 0) is 27.4 Å². The van der Waals surface area contributed by atoms with Crippen LogP contribution >= 0.6 is 0 Å². The summed E-state index contributed by atoms with van der Waals surface area (Å²) in [5.74, 6) is 0.210. The first-order valence-electron chi connectivity index (χ1n) is 5.88. The van der Waals surface area contributed by atoms with Gasteiger partial charge >= 0.3 is 0 Å². The summed E-state index contributed by atoms with van der Waals surface area (Å²) in [5.41, 5.74) is 0. The van der Waals surface area contributed by atoms with Gasteiger partial charge in [0.1, 0.15) is 6.04 Å². The van der Waals surface area contributed by atoms with E-state index in [0.717, 1.165) is 13.0 Å². The zero-order chi connectivity index (χ0) is 12.1. The van der Waals surface area contributed by atoms with Gasteiger partial charge in [0.05, 0.1) is 0 Å². The second-order valence-electron chi connectivity index (χ2n) is 4.47. The van der Waals surface area contributed by atoms with E-state index >= 15 is 0 Å². The number of amides is 1. The molecule has 1 heterocycles. The van der Waals surface area contributed by atoms with Gasteiger partial charge in [0.2, 0.25) is 5.91 Å². The molecule has 1 aliphatic heterocycles. The fourth-order valence-electron chi connectivity index (χ4n) is 2.14. The Morgan fingerprint density at radius 2 is 2.31 bits per heavy atom. The van der Waals surface area contributed by atoms with Crippen LogP contribution in [0.1, 0.15) is 13.3 Å². The Bertz CT molecular complexity index is 255. The van der Waals surface area contributed by atoms with Crippen molar-refractivity contribution in [1.82, 2.24) is 15.1 Å². The number of hydrogen-bond donors (Lipinski definition) is 1. The predicted octanol–water partition coefficient (Wildman–Crippen LogP) is 0.313. The summed E-state index contributed by atoms with van der Waals surface area (Å²) >= 11 is 0. The van der Waals surface area contributed by atoms with Crippen molar-refractivity contribution in [3.8, 4) is 0 Å². The Morgan fingerprint density at radius 1 is 1.62 bits per heavy atom. The molecule has 1 fully saturated rings. The molecule has 2 unspecified atom stereocenters. The minimum atomic E-state index is -0.0464. The normalized spacial score (nSPS) is 27.9. The van der Waals surface area contributed by atoms with Gasteiger partial charge in [0, 0.05) is 25.7 Å². The van der Waals surface area contributed by atoms with E-state index in [1.807, 2.05) is 19.0 Å². The molecular formula is C12H23N3O. The lowest BCUT2D eigenvalue weighted by molar-refractivity contribution is -0.135. The zero-order valence-corrected chi connectivity index (χ0v) is 10.6. The van der Waals surface area contributed by atoms with Crippen LogP contribution in [-0.4, -0.2) is 61.5 Å². The largest absolute Gasteiger partial charge is 0.335 e. The highest BCUT2D eigenvalue weighted by Gasteiger charge is 2.32. The number of likely N-dealkylation sites (N-methyl/N-ethyl adjacent to an activating group) is 2. The number of nitrogens with one attached hydrogen (secondary N) is 1. The van der Waals surface area contributed by atoms with E-state index in [1.165, 1.54) is 0 Å². The molecule has 0 bridgehead atoms. The minimum Gasteiger partial charge on any atom is -0.335 e. The standard InChI is InChI=1S/C12H23N3O/c1-5-7-15-10(2)6-8-14(4)11(9-13-3)12(15)16/h5,10-11,13H,1,6-9H2,2-4H3. The van der Waals surface area contributed by atoms with Gasteiger partial charge < -0.3 is 10.2 Å². The number of hydrogen-bond acceptors (Lipinski definition) is 3. The molecule has 0 radical (unpaired) electrons. The van der Waals surface area contributed by atoms with E-state index in [1.54, 1.807) is 6.08 Å². The predicted molar refractivity (Wildman–Crippen MR) is 66.3 cm³/mol. The first-order chi connectivity index (χ1) is 7.61. The molecule has 1 amide bonds. The van der Waals surface area contributed by atoms with E-state index < -0.39 is 0 Å². The number of nitrogens with zero attached hydrogens (tertiary/aromatic N) is 2. The van der Waals surface area contributed by atoms with Gasteiger partial charge in [-0.1, -0.05) is 6.08 Å². The molecule has 1 N–H and O–H groups in total. The van der Waals surface area contributed by atoms with Gasteiger partial charge in [0.15, 0.2) is 0 Å². The molecule has 1 aliphatic rings. The smallest absolute Gasteiger partial charge is 0.241 e. The van der Waals surface area contributed by atoms with Gasteiger partial charge in [-0.3, -0.25) is 9.69 Å². The maximum atomic E-state index is 12.3. The Kier molecular flexibility index (Phi) is 4.96. The number of carbonyl (C=O) groups is 1. The van der Waals surface area contributed by atoms with E-state index in [2.05, 4.69) is 23.7 Å². The van der Waals surface area contributed by atoms with Crippen molar-refractivity contribution >= 4 is 5.91 Å². The molecule has 2 atom stereocenters. The van der Waals surface area contributed by atoms with Crippen LogP contribution in [0.5, 0.6) is 0 Å². The second kappa shape index (κ2) is 6.01. The maximum Gasteiger partial charge on any atom is 0.241 e. The molecule has 0 aromatic carbocycles. The minimum absolute atomic E-state index is 0.0464. The molecule has 4 nitrogen and oxygen atoms in total. The quantitative estimate of drug-likeness (QED) is 0.700. The van der Waals surface area contributed by atoms with Crippen LogP contribution in [0.2, 0.25) is 0 Å². The van der Waals surface area contributed by atoms with Crippen LogP contribution in [0.3, 0.4) is 0 Å². The Morgan fingerprint density at radius 3 is 2.88 bits per heavy atom. The summed E-state index contributed by atoms with van der Waals surface area (Å²) in [7, 11) is 3.90. The third kappa shape index (κ3) is 2.83. The molecule has 0 aliphatic carbocycles. The molecule has 0 aromatic heterocycles. The summed E-state index contributed by atoms with van der Waals surface area (Å²) in [6.45, 7) is 8.15. The average Bonchev–Trinajstić information content (AvgIpc) is 2.36. The molecule has 0 spiro atoms. The van der Waals surface area contributed by atoms with Crippen molar-refractivity contribution in [2.75, 3.05) is 33.7 Å². The molecule has 92 valence electrons. The number of carbonyl (C=O) groups excluding carboxylic acids is 1. The highest BCUT2D eigenvalue weighted by molar-refractivity contribution is 5.82. The Hall–Kier alpha value is -0.870. The van der Waals surface area contributed by atoms with E-state index in [9.17, 15) is 4.79 Å². The zero-order valence-electron chi connectivity index (χ0n) is 10.6. The van der Waals surface area contributed by atoms with E-state index in [4.69, 9.17) is 0 Å². The van der Waals surface area contributed by atoms with Gasteiger partial charge in [0.25, 0.3) is 0 Å². The van der Waals surface area contributed by atoms with Crippen LogP contribution in [0, 0.1) is 0 Å². The maximum absolute atomic E-state index is 12.3. The van der Waals surface area contributed by atoms with Crippen molar-refractivity contribution in [1.29, 1.82) is 0 Å². The van der Waals surface area contributed by atoms with Gasteiger partial charge in [-0.15, -0.1) is 6.58 Å². The van der Waals surface area contributed by atoms with E-state index in [0.29, 0.717) is 19.1 Å².